The number of anilines is 1. The number of hydrogen-bond donors (Lipinski definition) is 1. The lowest BCUT2D eigenvalue weighted by atomic mass is 10.6. The molecule has 0 bridgehead atoms. The van der Waals surface area contributed by atoms with E-state index in [2.05, 4.69) is 15.5 Å². The Morgan fingerprint density at radius 1 is 1.33 bits per heavy atom. The molecule has 0 aliphatic heterocycles. The molecule has 0 saturated heterocycles. The fourth-order valence-electron chi connectivity index (χ4n) is 0.796. The van der Waals surface area contributed by atoms with E-state index in [0.717, 1.165) is 6.54 Å². The molecule has 1 aromatic heterocycles. The Kier molecular flexibility index (Phi) is 3.86. The molecule has 15 heavy (non-hydrogen) atoms. The van der Waals surface area contributed by atoms with E-state index in [9.17, 15) is 13.2 Å². The predicted molar refractivity (Wildman–Crippen MR) is 52.0 cm³/mol. The quantitative estimate of drug-likeness (QED) is 0.866. The molecule has 0 aliphatic carbocycles. The maximum absolute atomic E-state index is 12.1. The van der Waals surface area contributed by atoms with Crippen molar-refractivity contribution in [2.24, 2.45) is 0 Å². The summed E-state index contributed by atoms with van der Waals surface area (Å²) in [5.41, 5.74) is 0. The summed E-state index contributed by atoms with van der Waals surface area (Å²) in [6, 6.07) is 0. The average molecular weight is 240 g/mol. The third-order valence-electron chi connectivity index (χ3n) is 1.50. The molecular weight excluding hydrogens is 229 g/mol. The summed E-state index contributed by atoms with van der Waals surface area (Å²) >= 11 is 0.515. The van der Waals surface area contributed by atoms with E-state index in [4.69, 9.17) is 0 Å². The number of halogens is 3. The molecular formula is C7H11F3N4S. The molecule has 0 radical (unpaired) electrons. The summed E-state index contributed by atoms with van der Waals surface area (Å²) in [6.45, 7) is 1.26. The van der Waals surface area contributed by atoms with Gasteiger partial charge in [0.05, 0.1) is 0 Å². The van der Waals surface area contributed by atoms with Crippen LogP contribution in [0.2, 0.25) is 0 Å². The van der Waals surface area contributed by atoms with Crippen molar-refractivity contribution in [1.82, 2.24) is 15.1 Å². The Morgan fingerprint density at radius 2 is 2.00 bits per heavy atom. The molecule has 0 unspecified atom stereocenters. The summed E-state index contributed by atoms with van der Waals surface area (Å²) < 4.78 is 36.4. The Balaban J connectivity index is 2.47. The van der Waals surface area contributed by atoms with E-state index in [1.807, 2.05) is 19.0 Å². The number of alkyl halides is 3. The summed E-state index contributed by atoms with van der Waals surface area (Å²) in [6.07, 6.45) is -4.40. The molecule has 4 nitrogen and oxygen atoms in total. The van der Waals surface area contributed by atoms with E-state index in [1.54, 1.807) is 0 Å². The minimum absolute atomic E-state index is 0.198. The van der Waals surface area contributed by atoms with Gasteiger partial charge in [0.2, 0.25) is 10.1 Å². The average Bonchev–Trinajstić information content (AvgIpc) is 2.51. The minimum atomic E-state index is -4.40. The normalized spacial score (nSPS) is 12.1. The molecule has 1 rings (SSSR count). The van der Waals surface area contributed by atoms with Crippen LogP contribution in [0, 0.1) is 0 Å². The Morgan fingerprint density at radius 3 is 2.47 bits per heavy atom. The van der Waals surface area contributed by atoms with Gasteiger partial charge in [-0.1, -0.05) is 11.3 Å². The van der Waals surface area contributed by atoms with Crippen LogP contribution in [0.1, 0.15) is 5.01 Å². The second-order valence-electron chi connectivity index (χ2n) is 3.14. The lowest BCUT2D eigenvalue weighted by Gasteiger charge is -2.08. The molecule has 0 amide bonds. The van der Waals surface area contributed by atoms with Crippen LogP contribution >= 0.6 is 11.3 Å². The van der Waals surface area contributed by atoms with E-state index in [-0.39, 0.29) is 5.13 Å². The molecule has 86 valence electrons. The van der Waals surface area contributed by atoms with Gasteiger partial charge in [-0.3, -0.25) is 0 Å². The third-order valence-corrected chi connectivity index (χ3v) is 2.43. The summed E-state index contributed by atoms with van der Waals surface area (Å²) in [5, 5.41) is 8.50. The second-order valence-corrected chi connectivity index (χ2v) is 4.12. The number of nitrogens with zero attached hydrogens (tertiary/aromatic N) is 3. The van der Waals surface area contributed by atoms with Crippen molar-refractivity contribution in [3.8, 4) is 0 Å². The molecule has 0 aromatic carbocycles. The monoisotopic (exact) mass is 240 g/mol. The number of likely N-dealkylation sites (N-methyl/N-ethyl adjacent to an activating group) is 1. The molecule has 8 heteroatoms. The molecule has 0 atom stereocenters. The highest BCUT2D eigenvalue weighted by molar-refractivity contribution is 7.15. The smallest absolute Gasteiger partial charge is 0.359 e. The van der Waals surface area contributed by atoms with Crippen molar-refractivity contribution in [3.05, 3.63) is 5.01 Å². The van der Waals surface area contributed by atoms with Crippen molar-refractivity contribution < 1.29 is 13.2 Å². The standard InChI is InChI=1S/C7H11F3N4S/c1-14(2)4-3-11-6-13-12-5(15-6)7(8,9)10/h3-4H2,1-2H3,(H,11,13). The summed E-state index contributed by atoms with van der Waals surface area (Å²) in [7, 11) is 3.76. The lowest BCUT2D eigenvalue weighted by Crippen LogP contribution is -2.20. The molecule has 0 aliphatic rings. The second kappa shape index (κ2) is 4.75. The third kappa shape index (κ3) is 4.00. The zero-order chi connectivity index (χ0) is 11.5. The van der Waals surface area contributed by atoms with Crippen molar-refractivity contribution in [1.29, 1.82) is 0 Å². The van der Waals surface area contributed by atoms with Crippen molar-refractivity contribution in [3.63, 3.8) is 0 Å². The van der Waals surface area contributed by atoms with Crippen LogP contribution in [-0.4, -0.2) is 42.3 Å². The predicted octanol–water partition coefficient (Wildman–Crippen LogP) is 1.53. The zero-order valence-corrected chi connectivity index (χ0v) is 9.11. The molecule has 0 fully saturated rings. The first kappa shape index (κ1) is 12.2. The van der Waals surface area contributed by atoms with E-state index in [0.29, 0.717) is 17.9 Å². The highest BCUT2D eigenvalue weighted by atomic mass is 32.1. The maximum atomic E-state index is 12.1. The van der Waals surface area contributed by atoms with Crippen molar-refractivity contribution >= 4 is 16.5 Å². The highest BCUT2D eigenvalue weighted by Gasteiger charge is 2.35. The van der Waals surface area contributed by atoms with Crippen molar-refractivity contribution in [2.45, 2.75) is 6.18 Å². The first-order chi connectivity index (χ1) is 6.89. The van der Waals surface area contributed by atoms with Crippen LogP contribution in [0.5, 0.6) is 0 Å². The summed E-state index contributed by atoms with van der Waals surface area (Å²) in [5.74, 6) is 0. The molecule has 1 heterocycles. The molecule has 1 N–H and O–H groups in total. The molecule has 1 aromatic rings. The number of aromatic nitrogens is 2. The van der Waals surface area contributed by atoms with Gasteiger partial charge in [-0.2, -0.15) is 13.2 Å². The first-order valence-corrected chi connectivity index (χ1v) is 5.00. The van der Waals surface area contributed by atoms with Gasteiger partial charge in [0, 0.05) is 13.1 Å². The van der Waals surface area contributed by atoms with Crippen molar-refractivity contribution in [2.75, 3.05) is 32.5 Å². The van der Waals surface area contributed by atoms with Crippen LogP contribution in [0.3, 0.4) is 0 Å². The number of rotatable bonds is 4. The fraction of sp³-hybridized carbons (Fsp3) is 0.714. The minimum Gasteiger partial charge on any atom is -0.359 e. The Hall–Kier alpha value is -0.890. The van der Waals surface area contributed by atoms with Gasteiger partial charge in [-0.05, 0) is 14.1 Å². The van der Waals surface area contributed by atoms with Gasteiger partial charge in [-0.15, -0.1) is 10.2 Å². The Bertz CT molecular complexity index is 309. The van der Waals surface area contributed by atoms with Gasteiger partial charge >= 0.3 is 6.18 Å². The topological polar surface area (TPSA) is 41.0 Å². The van der Waals surface area contributed by atoms with Crippen LogP contribution in [0.4, 0.5) is 18.3 Å². The maximum Gasteiger partial charge on any atom is 0.445 e. The van der Waals surface area contributed by atoms with Crippen LogP contribution in [0.25, 0.3) is 0 Å². The van der Waals surface area contributed by atoms with Crippen LogP contribution in [-0.2, 0) is 6.18 Å². The van der Waals surface area contributed by atoms with E-state index < -0.39 is 11.2 Å². The number of hydrogen-bond acceptors (Lipinski definition) is 5. The van der Waals surface area contributed by atoms with Gasteiger partial charge < -0.3 is 10.2 Å². The van der Waals surface area contributed by atoms with Gasteiger partial charge in [0.15, 0.2) is 0 Å². The Labute approximate surface area is 89.1 Å². The fourth-order valence-corrected chi connectivity index (χ4v) is 1.43. The SMILES string of the molecule is CN(C)CCNc1nnc(C(F)(F)F)s1. The van der Waals surface area contributed by atoms with Gasteiger partial charge in [0.25, 0.3) is 0 Å². The van der Waals surface area contributed by atoms with E-state index in [1.165, 1.54) is 0 Å². The van der Waals surface area contributed by atoms with Crippen LogP contribution < -0.4 is 5.32 Å². The lowest BCUT2D eigenvalue weighted by molar-refractivity contribution is -0.138. The largest absolute Gasteiger partial charge is 0.445 e. The van der Waals surface area contributed by atoms with Gasteiger partial charge in [0.1, 0.15) is 0 Å². The zero-order valence-electron chi connectivity index (χ0n) is 8.30. The molecule has 0 spiro atoms. The van der Waals surface area contributed by atoms with Crippen LogP contribution in [0.15, 0.2) is 0 Å². The number of nitrogens with one attached hydrogen (secondary N) is 1. The molecule has 0 saturated carbocycles. The first-order valence-electron chi connectivity index (χ1n) is 4.19. The van der Waals surface area contributed by atoms with Gasteiger partial charge in [-0.25, -0.2) is 0 Å². The summed E-state index contributed by atoms with van der Waals surface area (Å²) in [4.78, 5) is 1.92. The highest BCUT2D eigenvalue weighted by Crippen LogP contribution is 2.32. The van der Waals surface area contributed by atoms with E-state index >= 15 is 0 Å².